The van der Waals surface area contributed by atoms with Crippen LogP contribution in [0, 0.1) is 0 Å². The topological polar surface area (TPSA) is 111 Å². The SMILES string of the molecule is COc1ccccc1C(=O)C(N)C1(c2ccccc2)CCC(OC(=O)NC(C)(C)CO)CC1. The summed E-state index contributed by atoms with van der Waals surface area (Å²) in [6, 6.07) is 16.2. The van der Waals surface area contributed by atoms with Crippen molar-refractivity contribution in [3.8, 4) is 5.75 Å². The van der Waals surface area contributed by atoms with Gasteiger partial charge < -0.3 is 25.6 Å². The molecule has 1 saturated carbocycles. The number of alkyl carbamates (subject to hydrolysis) is 1. The Balaban J connectivity index is 1.81. The lowest BCUT2D eigenvalue weighted by molar-refractivity contribution is 0.0426. The van der Waals surface area contributed by atoms with E-state index in [1.165, 1.54) is 7.11 Å². The maximum Gasteiger partial charge on any atom is 0.407 e. The van der Waals surface area contributed by atoms with Crippen molar-refractivity contribution in [3.05, 3.63) is 65.7 Å². The molecule has 2 aromatic carbocycles. The van der Waals surface area contributed by atoms with Gasteiger partial charge in [0.2, 0.25) is 0 Å². The minimum absolute atomic E-state index is 0.168. The van der Waals surface area contributed by atoms with Crippen LogP contribution in [0.15, 0.2) is 54.6 Å². The Morgan fingerprint density at radius 2 is 1.73 bits per heavy atom. The van der Waals surface area contributed by atoms with E-state index >= 15 is 0 Å². The molecule has 7 nitrogen and oxygen atoms in total. The van der Waals surface area contributed by atoms with Gasteiger partial charge in [-0.15, -0.1) is 0 Å². The molecule has 0 saturated heterocycles. The van der Waals surface area contributed by atoms with E-state index in [0.29, 0.717) is 37.0 Å². The van der Waals surface area contributed by atoms with Gasteiger partial charge in [-0.2, -0.15) is 0 Å². The van der Waals surface area contributed by atoms with Crippen molar-refractivity contribution >= 4 is 11.9 Å². The van der Waals surface area contributed by atoms with Crippen molar-refractivity contribution in [3.63, 3.8) is 0 Å². The lowest BCUT2D eigenvalue weighted by Crippen LogP contribution is -2.53. The number of methoxy groups -OCH3 is 1. The lowest BCUT2D eigenvalue weighted by atomic mass is 9.63. The quantitative estimate of drug-likeness (QED) is 0.526. The molecule has 0 radical (unpaired) electrons. The predicted molar refractivity (Wildman–Crippen MR) is 126 cm³/mol. The molecule has 1 aliphatic carbocycles. The van der Waals surface area contributed by atoms with Crippen LogP contribution >= 0.6 is 0 Å². The summed E-state index contributed by atoms with van der Waals surface area (Å²) in [4.78, 5) is 25.8. The smallest absolute Gasteiger partial charge is 0.407 e. The van der Waals surface area contributed by atoms with E-state index in [2.05, 4.69) is 5.32 Å². The summed E-state index contributed by atoms with van der Waals surface area (Å²) in [5.74, 6) is 0.333. The van der Waals surface area contributed by atoms with Gasteiger partial charge in [-0.3, -0.25) is 4.79 Å². The summed E-state index contributed by atoms with van der Waals surface area (Å²) in [5, 5.41) is 12.0. The van der Waals surface area contributed by atoms with Gasteiger partial charge in [0.05, 0.1) is 30.9 Å². The second-order valence-electron chi connectivity index (χ2n) is 9.34. The van der Waals surface area contributed by atoms with E-state index in [9.17, 15) is 14.7 Å². The summed E-state index contributed by atoms with van der Waals surface area (Å²) in [6.07, 6.45) is 1.51. The van der Waals surface area contributed by atoms with Gasteiger partial charge in [-0.25, -0.2) is 4.79 Å². The van der Waals surface area contributed by atoms with E-state index in [1.807, 2.05) is 36.4 Å². The number of benzene rings is 2. The number of aliphatic hydroxyl groups is 1. The third-order valence-electron chi connectivity index (χ3n) is 6.53. The fourth-order valence-electron chi connectivity index (χ4n) is 4.54. The Morgan fingerprint density at radius 1 is 1.12 bits per heavy atom. The Labute approximate surface area is 195 Å². The number of ether oxygens (including phenoxy) is 2. The minimum atomic E-state index is -0.778. The van der Waals surface area contributed by atoms with Gasteiger partial charge >= 0.3 is 6.09 Å². The van der Waals surface area contributed by atoms with Gasteiger partial charge in [0, 0.05) is 5.41 Å². The Kier molecular flexibility index (Phi) is 7.76. The number of Topliss-reactive ketones (excluding diaryl/α,β-unsaturated/α-hetero) is 1. The molecule has 1 fully saturated rings. The standard InChI is InChI=1S/C26H34N2O5/c1-25(2,17-29)28-24(31)33-19-13-15-26(16-14-19,18-9-5-4-6-10-18)23(27)22(30)20-11-7-8-12-21(20)32-3/h4-12,19,23,29H,13-17,27H2,1-3H3,(H,28,31). The number of carbonyl (C=O) groups is 2. The number of hydrogen-bond acceptors (Lipinski definition) is 6. The molecule has 178 valence electrons. The molecule has 7 heteroatoms. The first kappa shape index (κ1) is 24.7. The minimum Gasteiger partial charge on any atom is -0.496 e. The van der Waals surface area contributed by atoms with E-state index in [4.69, 9.17) is 15.2 Å². The van der Waals surface area contributed by atoms with Crippen molar-refractivity contribution in [2.45, 2.75) is 62.6 Å². The normalized spacial score (nSPS) is 21.7. The highest BCUT2D eigenvalue weighted by Crippen LogP contribution is 2.43. The Morgan fingerprint density at radius 3 is 2.33 bits per heavy atom. The van der Waals surface area contributed by atoms with Gasteiger partial charge in [-0.1, -0.05) is 42.5 Å². The lowest BCUT2D eigenvalue weighted by Gasteiger charge is -2.44. The van der Waals surface area contributed by atoms with Crippen LogP contribution in [-0.4, -0.2) is 48.4 Å². The highest BCUT2D eigenvalue weighted by atomic mass is 16.6. The second-order valence-corrected chi connectivity index (χ2v) is 9.34. The molecule has 0 spiro atoms. The summed E-state index contributed by atoms with van der Waals surface area (Å²) in [5.41, 5.74) is 6.83. The third-order valence-corrected chi connectivity index (χ3v) is 6.53. The zero-order valence-corrected chi connectivity index (χ0v) is 19.5. The van der Waals surface area contributed by atoms with Gasteiger partial charge in [0.1, 0.15) is 11.9 Å². The number of aliphatic hydroxyl groups excluding tert-OH is 1. The fourth-order valence-corrected chi connectivity index (χ4v) is 4.54. The Hall–Kier alpha value is -2.90. The van der Waals surface area contributed by atoms with Crippen LogP contribution in [0.1, 0.15) is 55.5 Å². The molecule has 3 rings (SSSR count). The molecule has 33 heavy (non-hydrogen) atoms. The highest BCUT2D eigenvalue weighted by Gasteiger charge is 2.46. The number of para-hydroxylation sites is 1. The molecule has 0 bridgehead atoms. The first-order chi connectivity index (χ1) is 15.7. The summed E-state index contributed by atoms with van der Waals surface area (Å²) < 4.78 is 11.0. The van der Waals surface area contributed by atoms with Gasteiger partial charge in [-0.05, 0) is 57.2 Å². The maximum absolute atomic E-state index is 13.5. The van der Waals surface area contributed by atoms with Gasteiger partial charge in [0.25, 0.3) is 0 Å². The zero-order valence-electron chi connectivity index (χ0n) is 19.5. The first-order valence-corrected chi connectivity index (χ1v) is 11.3. The highest BCUT2D eigenvalue weighted by molar-refractivity contribution is 6.03. The molecule has 0 aliphatic heterocycles. The molecule has 0 aromatic heterocycles. The zero-order chi connectivity index (χ0) is 24.1. The first-order valence-electron chi connectivity index (χ1n) is 11.3. The van der Waals surface area contributed by atoms with Gasteiger partial charge in [0.15, 0.2) is 5.78 Å². The molecular weight excluding hydrogens is 420 g/mol. The van der Waals surface area contributed by atoms with E-state index in [-0.39, 0.29) is 18.5 Å². The van der Waals surface area contributed by atoms with Crippen LogP contribution in [-0.2, 0) is 10.2 Å². The van der Waals surface area contributed by atoms with Crippen LogP contribution in [0.25, 0.3) is 0 Å². The van der Waals surface area contributed by atoms with Crippen molar-refractivity contribution in [2.24, 2.45) is 5.73 Å². The van der Waals surface area contributed by atoms with Crippen LogP contribution in [0.5, 0.6) is 5.75 Å². The van der Waals surface area contributed by atoms with Crippen LogP contribution in [0.4, 0.5) is 4.79 Å². The largest absolute Gasteiger partial charge is 0.496 e. The summed E-state index contributed by atoms with van der Waals surface area (Å²) in [6.45, 7) is 3.25. The summed E-state index contributed by atoms with van der Waals surface area (Å²) >= 11 is 0. The Bertz CT molecular complexity index is 952. The van der Waals surface area contributed by atoms with Crippen LogP contribution in [0.3, 0.4) is 0 Å². The number of nitrogens with two attached hydrogens (primary N) is 1. The number of rotatable bonds is 8. The van der Waals surface area contributed by atoms with Crippen molar-refractivity contribution < 1.29 is 24.2 Å². The summed E-state index contributed by atoms with van der Waals surface area (Å²) in [7, 11) is 1.54. The van der Waals surface area contributed by atoms with Crippen LogP contribution in [0.2, 0.25) is 0 Å². The molecule has 0 heterocycles. The van der Waals surface area contributed by atoms with E-state index < -0.39 is 23.1 Å². The number of amides is 1. The van der Waals surface area contributed by atoms with E-state index in [0.717, 1.165) is 5.56 Å². The monoisotopic (exact) mass is 454 g/mol. The molecule has 4 N–H and O–H groups in total. The number of carbonyl (C=O) groups excluding carboxylic acids is 2. The fraction of sp³-hybridized carbons (Fsp3) is 0.462. The molecule has 1 aliphatic rings. The maximum atomic E-state index is 13.5. The van der Waals surface area contributed by atoms with Crippen molar-refractivity contribution in [1.82, 2.24) is 5.32 Å². The predicted octanol–water partition coefficient (Wildman–Crippen LogP) is 3.58. The molecule has 1 atom stereocenters. The second kappa shape index (κ2) is 10.4. The van der Waals surface area contributed by atoms with E-state index in [1.54, 1.807) is 32.0 Å². The van der Waals surface area contributed by atoms with Crippen molar-refractivity contribution in [1.29, 1.82) is 0 Å². The number of hydrogen-bond donors (Lipinski definition) is 3. The average molecular weight is 455 g/mol. The van der Waals surface area contributed by atoms with Crippen LogP contribution < -0.4 is 15.8 Å². The molecule has 1 amide bonds. The molecule has 2 aromatic rings. The van der Waals surface area contributed by atoms with Crippen molar-refractivity contribution in [2.75, 3.05) is 13.7 Å². The average Bonchev–Trinajstić information content (AvgIpc) is 2.84. The third kappa shape index (κ3) is 5.54. The number of nitrogens with one attached hydrogen (secondary N) is 1. The molecule has 1 unspecified atom stereocenters. The number of ketones is 1. The molecular formula is C26H34N2O5.